The Balaban J connectivity index is 2.51. The number of guanidine groups is 2. The van der Waals surface area contributed by atoms with E-state index in [4.69, 9.17) is 45.2 Å². The number of carbonyl (C=O) groups excluding carboxylic acids is 14. The summed E-state index contributed by atoms with van der Waals surface area (Å²) in [6, 6.07) is -14.8. The highest BCUT2D eigenvalue weighted by Gasteiger charge is 2.40. The first-order valence-electron chi connectivity index (χ1n) is 47.1. The van der Waals surface area contributed by atoms with Crippen LogP contribution in [0, 0.1) is 22.7 Å². The highest BCUT2D eigenvalue weighted by Crippen LogP contribution is 2.19. The molecule has 0 aliphatic heterocycles. The van der Waals surface area contributed by atoms with Crippen molar-refractivity contribution in [2.45, 2.75) is 338 Å². The number of carboxylic acid groups (broad SMARTS) is 1. The zero-order valence-corrected chi connectivity index (χ0v) is 80.0. The summed E-state index contributed by atoms with van der Waals surface area (Å²) in [5, 5.41) is 96.4. The summed E-state index contributed by atoms with van der Waals surface area (Å²) in [4.78, 5) is 219. The van der Waals surface area contributed by atoms with Gasteiger partial charge in [-0.15, -0.1) is 0 Å². The Labute approximate surface area is 790 Å². The quantitative estimate of drug-likeness (QED) is 0.0210. The Kier molecular flexibility index (Phi) is 61.2. The minimum absolute atomic E-state index is 0.00220. The lowest BCUT2D eigenvalue weighted by Gasteiger charge is -2.29. The molecule has 2 aromatic rings. The number of primary amides is 1. The Hall–Kier alpha value is -11.0. The zero-order chi connectivity index (χ0) is 100. The van der Waals surface area contributed by atoms with Gasteiger partial charge in [-0.25, -0.2) is 4.98 Å². The smallest absolute Gasteiger partial charge is 0.305 e. The second kappa shape index (κ2) is 68.9. The molecule has 14 amide bonds. The number of imidazole rings is 1. The van der Waals surface area contributed by atoms with Crippen LogP contribution in [-0.2, 0) is 84.8 Å². The van der Waals surface area contributed by atoms with Crippen LogP contribution in [0.25, 0.3) is 0 Å². The summed E-state index contributed by atoms with van der Waals surface area (Å²) in [6.45, 7) is 9.93. The first kappa shape index (κ1) is 119. The van der Waals surface area contributed by atoms with Crippen molar-refractivity contribution < 1.29 is 92.3 Å². The van der Waals surface area contributed by atoms with Crippen LogP contribution in [0.5, 0.6) is 5.75 Å². The average Bonchev–Trinajstić information content (AvgIpc) is 0.943. The predicted octanol–water partition coefficient (Wildman–Crippen LogP) is -1.22. The number of unbranched alkanes of at least 4 members (excludes halogenated alkanes) is 15. The molecule has 14 atom stereocenters. The third-order valence-electron chi connectivity index (χ3n) is 22.0. The molecule has 0 bridgehead atoms. The van der Waals surface area contributed by atoms with E-state index < -0.39 is 192 Å². The predicted molar refractivity (Wildman–Crippen MR) is 509 cm³/mol. The minimum Gasteiger partial charge on any atom is -0.508 e. The fourth-order valence-corrected chi connectivity index (χ4v) is 15.0. The van der Waals surface area contributed by atoms with Gasteiger partial charge in [0.1, 0.15) is 84.3 Å². The van der Waals surface area contributed by atoms with Crippen LogP contribution in [0.2, 0.25) is 0 Å². The first-order chi connectivity index (χ1) is 63.8. The molecule has 1 heterocycles. The summed E-state index contributed by atoms with van der Waals surface area (Å²) in [5.74, 6) is -16.4. The van der Waals surface area contributed by atoms with Crippen molar-refractivity contribution in [2.75, 3.05) is 51.3 Å². The van der Waals surface area contributed by atoms with Crippen molar-refractivity contribution in [1.29, 1.82) is 10.8 Å². The summed E-state index contributed by atoms with van der Waals surface area (Å²) in [6.07, 6.45) is 17.7. The van der Waals surface area contributed by atoms with Crippen LogP contribution in [0.1, 0.15) is 252 Å². The number of aromatic amines is 1. The number of benzene rings is 1. The Morgan fingerprint density at radius 1 is 0.418 bits per heavy atom. The molecule has 0 saturated carbocycles. The fraction of sp³-hybridized carbons (Fsp3) is 0.708. The molecule has 134 heavy (non-hydrogen) atoms. The van der Waals surface area contributed by atoms with E-state index in [9.17, 15) is 92.3 Å². The molecule has 34 N–H and O–H groups in total. The van der Waals surface area contributed by atoms with Crippen molar-refractivity contribution in [3.8, 4) is 5.75 Å². The number of aliphatic carboxylic acids is 1. The van der Waals surface area contributed by atoms with Gasteiger partial charge in [-0.05, 0) is 177 Å². The van der Waals surface area contributed by atoms with Crippen LogP contribution in [-0.4, -0.2) is 267 Å². The zero-order valence-electron chi connectivity index (χ0n) is 79.2. The number of aromatic hydroxyl groups is 1. The van der Waals surface area contributed by atoms with Crippen LogP contribution >= 0.6 is 11.8 Å². The normalized spacial score (nSPS) is 14.4. The highest BCUT2D eigenvalue weighted by molar-refractivity contribution is 7.98. The number of aliphatic hydroxyl groups excluding tert-OH is 2. The lowest BCUT2D eigenvalue weighted by atomic mass is 10.0. The van der Waals surface area contributed by atoms with Crippen molar-refractivity contribution in [2.24, 2.45) is 46.2 Å². The van der Waals surface area contributed by atoms with E-state index in [0.717, 1.165) is 32.6 Å². The van der Waals surface area contributed by atoms with Gasteiger partial charge >= 0.3 is 5.97 Å². The Morgan fingerprint density at radius 3 is 1.15 bits per heavy atom. The minimum atomic E-state index is -2.10. The van der Waals surface area contributed by atoms with Crippen LogP contribution in [0.15, 0.2) is 36.8 Å². The number of thioether (sulfide) groups is 1. The number of nitrogens with one attached hydrogen (secondary N) is 18. The molecule has 1 aromatic carbocycles. The molecule has 44 nitrogen and oxygen atoms in total. The topological polar surface area (TPSA) is 750 Å². The highest BCUT2D eigenvalue weighted by atomic mass is 32.2. The number of aliphatic hydroxyl groups is 2. The third kappa shape index (κ3) is 51.4. The molecule has 0 radical (unpaired) electrons. The van der Waals surface area contributed by atoms with Crippen molar-refractivity contribution in [3.05, 3.63) is 48.0 Å². The maximum atomic E-state index is 14.8. The largest absolute Gasteiger partial charge is 0.508 e. The number of phenols is 1. The molecule has 2 rings (SSSR count). The summed E-state index contributed by atoms with van der Waals surface area (Å²) < 4.78 is 0. The van der Waals surface area contributed by atoms with Crippen LogP contribution in [0.4, 0.5) is 0 Å². The maximum Gasteiger partial charge on any atom is 0.305 e. The number of aromatic nitrogens is 2. The number of amides is 14. The number of H-pyrrole nitrogens is 1. The number of carboxylic acids is 1. The van der Waals surface area contributed by atoms with E-state index >= 15 is 0 Å². The third-order valence-corrected chi connectivity index (χ3v) is 22.6. The molecule has 45 heteroatoms. The van der Waals surface area contributed by atoms with Gasteiger partial charge in [0.15, 0.2) is 11.9 Å². The number of phenolic OH excluding ortho intramolecular Hbond substituents is 1. The van der Waals surface area contributed by atoms with Gasteiger partial charge < -0.3 is 140 Å². The summed E-state index contributed by atoms with van der Waals surface area (Å²) >= 11 is 1.21. The van der Waals surface area contributed by atoms with Crippen molar-refractivity contribution >= 4 is 112 Å². The van der Waals surface area contributed by atoms with E-state index in [1.807, 2.05) is 0 Å². The molecule has 0 fully saturated rings. The molecule has 0 aliphatic rings. The second-order valence-corrected chi connectivity index (χ2v) is 35.7. The number of rotatable bonds is 75. The van der Waals surface area contributed by atoms with Gasteiger partial charge in [-0.3, -0.25) is 82.7 Å². The number of nitrogens with zero attached hydrogens (tertiary/aromatic N) is 1. The van der Waals surface area contributed by atoms with Crippen molar-refractivity contribution in [1.82, 2.24) is 89.7 Å². The van der Waals surface area contributed by atoms with Crippen LogP contribution < -0.4 is 114 Å². The number of hydrogen-bond donors (Lipinski definition) is 28. The lowest BCUT2D eigenvalue weighted by molar-refractivity contribution is -0.142. The molecule has 0 aliphatic carbocycles. The Bertz CT molecular complexity index is 3910. The molecular formula is C89H157N25O19S. The average molecular weight is 1910 g/mol. The van der Waals surface area contributed by atoms with Gasteiger partial charge in [0.05, 0.1) is 31.2 Å². The Morgan fingerprint density at radius 2 is 0.769 bits per heavy atom. The van der Waals surface area contributed by atoms with E-state index in [1.165, 1.54) is 99.9 Å². The monoisotopic (exact) mass is 1910 g/mol. The van der Waals surface area contributed by atoms with Crippen molar-refractivity contribution in [3.63, 3.8) is 0 Å². The fourth-order valence-electron chi connectivity index (χ4n) is 14.5. The molecule has 0 spiro atoms. The lowest BCUT2D eigenvalue weighted by Crippen LogP contribution is -2.62. The van der Waals surface area contributed by atoms with Gasteiger partial charge in [-0.2, -0.15) is 11.8 Å². The molecule has 0 saturated heterocycles. The maximum absolute atomic E-state index is 14.8. The molecular weight excluding hydrogens is 1760 g/mol. The first-order valence-corrected chi connectivity index (χ1v) is 48.5. The van der Waals surface area contributed by atoms with E-state index in [-0.39, 0.29) is 152 Å². The number of nitrogens with two attached hydrogens (primary N) is 6. The van der Waals surface area contributed by atoms with E-state index in [0.29, 0.717) is 49.9 Å². The van der Waals surface area contributed by atoms with E-state index in [1.54, 1.807) is 34.0 Å². The molecule has 1 aromatic heterocycles. The molecule has 0 unspecified atom stereocenters. The summed E-state index contributed by atoms with van der Waals surface area (Å²) in [5.41, 5.74) is 35.0. The molecule has 758 valence electrons. The number of carbonyl (C=O) groups is 15. The van der Waals surface area contributed by atoms with Crippen LogP contribution in [0.3, 0.4) is 0 Å². The SMILES string of the molecule is CCCCCCCCCCCCCCCC(=O)N[C@@H](CCCCN)C(=O)N[C@@H](CCCCN)C(=O)N[C@@H](CC(C)C)C(=O)N[C@@H](CCCNC(=N)N)C(=O)N[C@H](CO)C(=O)N[C@@H](CCSC)C(=O)N[C@H](C(=O)N[C@@H](CC(=O)O)C(=O)N[C@@H](CCCCN)C(=O)N[C@@H](Cc1ccc(O)cc1)C(=O)N[C@@H](CCCNC(=N)N)C(=O)N[C@@H](CC(C)C)C(=O)N[C@@H](Cc1c[nH]cn1)C(N)=O)[C@@H](C)O. The standard InChI is InChI=1S/C89H157N25O19S/c1-8-9-10-11-12-13-14-15-16-17-18-19-20-34-72(118)102-60(29-21-24-40-90)76(122)103-61(30-22-25-41-91)77(123)109-67(46-54(2)3)82(128)105-64(33-28-44-100-89(96)97)80(126)113-71(52-115)86(132)107-65(39-45-134-7)81(127)114-74(56(6)116)87(133)112-70(50-73(119)120)85(131)104-62(31-23-26-42-92)78(124)111-69(48-57-35-37-59(117)38-36-57)84(130)106-63(32-27-43-99-88(94)95)79(125)110-68(47-55(4)5)83(129)108-66(75(93)121)49-58-51-98-53-101-58/h35-38,51,53-56,60-71,74,115-117H,8-34,39-50,52,90-92H2,1-7H3,(H2,93,121)(H,98,101)(H,102,118)(H,103,122)(H,104,131)(H,105,128)(H,106,130)(H,107,132)(H,108,129)(H,109,123)(H,110,125)(H,111,124)(H,112,133)(H,113,126)(H,114,127)(H,119,120)(H4,94,95,99)(H4,96,97,100)/t56-,60+,61+,62+,63+,64+,65+,66+,67+,68+,69+,70+,71-,74+/m1/s1. The van der Waals surface area contributed by atoms with Gasteiger partial charge in [0, 0.05) is 38.5 Å². The number of hydrogen-bond acceptors (Lipinski definition) is 25. The second-order valence-electron chi connectivity index (χ2n) is 34.7. The van der Waals surface area contributed by atoms with Gasteiger partial charge in [0.25, 0.3) is 0 Å². The van der Waals surface area contributed by atoms with Gasteiger partial charge in [-0.1, -0.05) is 124 Å². The summed E-state index contributed by atoms with van der Waals surface area (Å²) in [7, 11) is 0. The van der Waals surface area contributed by atoms with Gasteiger partial charge in [0.2, 0.25) is 82.7 Å². The van der Waals surface area contributed by atoms with E-state index in [2.05, 4.69) is 96.6 Å².